The van der Waals surface area contributed by atoms with E-state index in [1.807, 2.05) is 36.4 Å². The summed E-state index contributed by atoms with van der Waals surface area (Å²) in [4.78, 5) is 26.4. The number of benzene rings is 2. The molecule has 1 fully saturated rings. The molecule has 1 unspecified atom stereocenters. The number of hydrogen-bond donors (Lipinski definition) is 1. The number of nitriles is 1. The summed E-state index contributed by atoms with van der Waals surface area (Å²) in [6.45, 7) is 1.97. The quantitative estimate of drug-likeness (QED) is 0.651. The topological polar surface area (TPSA) is 73.2 Å². The van der Waals surface area contributed by atoms with Crippen LogP contribution in [0.1, 0.15) is 12.5 Å². The van der Waals surface area contributed by atoms with Crippen molar-refractivity contribution in [1.29, 1.82) is 5.26 Å². The number of amides is 2. The molecule has 1 aliphatic heterocycles. The summed E-state index contributed by atoms with van der Waals surface area (Å²) in [5, 5.41) is 12.1. The Morgan fingerprint density at radius 2 is 1.89 bits per heavy atom. The van der Waals surface area contributed by atoms with Crippen LogP contribution in [0.4, 0.5) is 10.1 Å². The molecule has 27 heavy (non-hydrogen) atoms. The first-order valence-corrected chi connectivity index (χ1v) is 9.12. The normalized spacial score (nSPS) is 18.2. The lowest BCUT2D eigenvalue weighted by molar-refractivity contribution is -0.117. The van der Waals surface area contributed by atoms with Gasteiger partial charge in [0.05, 0.1) is 5.25 Å². The second kappa shape index (κ2) is 8.06. The summed E-state index contributed by atoms with van der Waals surface area (Å²) >= 11 is 1.14. The van der Waals surface area contributed by atoms with Crippen LogP contribution in [0.2, 0.25) is 0 Å². The first-order chi connectivity index (χ1) is 13.0. The second-order valence-corrected chi connectivity index (χ2v) is 7.20. The zero-order chi connectivity index (χ0) is 19.4. The Hall–Kier alpha value is -3.11. The molecule has 1 aliphatic rings. The van der Waals surface area contributed by atoms with Crippen LogP contribution in [-0.4, -0.2) is 17.1 Å². The number of rotatable bonds is 4. The van der Waals surface area contributed by atoms with Crippen LogP contribution in [0.5, 0.6) is 0 Å². The van der Waals surface area contributed by atoms with Crippen molar-refractivity contribution in [3.63, 3.8) is 0 Å². The number of nitrogens with zero attached hydrogens (tertiary/aromatic N) is 2. The molecule has 3 rings (SSSR count). The van der Waals surface area contributed by atoms with E-state index in [-0.39, 0.29) is 23.1 Å². The summed E-state index contributed by atoms with van der Waals surface area (Å²) in [7, 11) is 0. The molecule has 1 N–H and O–H groups in total. The van der Waals surface area contributed by atoms with E-state index in [1.54, 1.807) is 6.92 Å². The summed E-state index contributed by atoms with van der Waals surface area (Å²) in [5.74, 6) is -1.25. The highest BCUT2D eigenvalue weighted by Crippen LogP contribution is 2.40. The monoisotopic (exact) mass is 381 g/mol. The minimum Gasteiger partial charge on any atom is -0.347 e. The predicted octanol–water partition coefficient (Wildman–Crippen LogP) is 3.35. The lowest BCUT2D eigenvalue weighted by Crippen LogP contribution is -2.30. The molecular formula is C20H16FN3O2S. The third kappa shape index (κ3) is 4.01. The van der Waals surface area contributed by atoms with Gasteiger partial charge in [0.15, 0.2) is 0 Å². The third-order valence-corrected chi connectivity index (χ3v) is 5.16. The number of nitrogens with one attached hydrogen (secondary N) is 1. The van der Waals surface area contributed by atoms with E-state index >= 15 is 0 Å². The Kier molecular flexibility index (Phi) is 5.57. The van der Waals surface area contributed by atoms with Crippen LogP contribution in [0.3, 0.4) is 0 Å². The molecule has 2 aromatic carbocycles. The predicted molar refractivity (Wildman–Crippen MR) is 102 cm³/mol. The van der Waals surface area contributed by atoms with Gasteiger partial charge in [0, 0.05) is 12.2 Å². The molecule has 0 bridgehead atoms. The minimum atomic E-state index is -0.558. The highest BCUT2D eigenvalue weighted by molar-refractivity contribution is 8.05. The SMILES string of the molecule is CC1S/C(=C(/C#N)C(=O)NCc2ccccc2)N(c2ccc(F)cc2)C1=O. The van der Waals surface area contributed by atoms with Crippen LogP contribution >= 0.6 is 11.8 Å². The van der Waals surface area contributed by atoms with Gasteiger partial charge in [-0.05, 0) is 36.8 Å². The Morgan fingerprint density at radius 1 is 1.22 bits per heavy atom. The number of halogens is 1. The first-order valence-electron chi connectivity index (χ1n) is 8.24. The fourth-order valence-corrected chi connectivity index (χ4v) is 3.72. The Bertz CT molecular complexity index is 936. The highest BCUT2D eigenvalue weighted by Gasteiger charge is 2.38. The molecule has 0 radical (unpaired) electrons. The minimum absolute atomic E-state index is 0.141. The van der Waals surface area contributed by atoms with E-state index in [2.05, 4.69) is 5.32 Å². The van der Waals surface area contributed by atoms with Gasteiger partial charge in [-0.15, -0.1) is 0 Å². The van der Waals surface area contributed by atoms with E-state index in [9.17, 15) is 19.2 Å². The van der Waals surface area contributed by atoms with Crippen LogP contribution < -0.4 is 10.2 Å². The zero-order valence-electron chi connectivity index (χ0n) is 14.5. The number of carbonyl (C=O) groups is 2. The maximum Gasteiger partial charge on any atom is 0.264 e. The van der Waals surface area contributed by atoms with Crippen molar-refractivity contribution < 1.29 is 14.0 Å². The molecule has 0 saturated carbocycles. The van der Waals surface area contributed by atoms with E-state index in [0.29, 0.717) is 5.69 Å². The van der Waals surface area contributed by atoms with Gasteiger partial charge in [-0.25, -0.2) is 4.39 Å². The molecule has 0 spiro atoms. The van der Waals surface area contributed by atoms with Crippen molar-refractivity contribution in [2.75, 3.05) is 4.90 Å². The Balaban J connectivity index is 1.91. The van der Waals surface area contributed by atoms with Crippen molar-refractivity contribution in [2.45, 2.75) is 18.7 Å². The fraction of sp³-hybridized carbons (Fsp3) is 0.150. The molecule has 1 heterocycles. The Morgan fingerprint density at radius 3 is 2.52 bits per heavy atom. The van der Waals surface area contributed by atoms with Crippen molar-refractivity contribution in [3.8, 4) is 6.07 Å². The van der Waals surface area contributed by atoms with Crippen LogP contribution in [0.15, 0.2) is 65.2 Å². The first kappa shape index (κ1) is 18.7. The van der Waals surface area contributed by atoms with E-state index in [4.69, 9.17) is 0 Å². The van der Waals surface area contributed by atoms with E-state index in [0.717, 1.165) is 17.3 Å². The molecule has 2 aromatic rings. The van der Waals surface area contributed by atoms with Crippen LogP contribution in [0, 0.1) is 17.1 Å². The standard InChI is InChI=1S/C20H16FN3O2S/c1-13-19(26)24(16-9-7-15(21)8-10-16)20(27-13)17(11-22)18(25)23-12-14-5-3-2-4-6-14/h2-10,13H,12H2,1H3,(H,23,25)/b20-17-. The largest absolute Gasteiger partial charge is 0.347 e. The van der Waals surface area contributed by atoms with E-state index in [1.165, 1.54) is 29.2 Å². The van der Waals surface area contributed by atoms with Crippen molar-refractivity contribution in [1.82, 2.24) is 5.32 Å². The molecular weight excluding hydrogens is 365 g/mol. The Labute approximate surface area is 160 Å². The van der Waals surface area contributed by atoms with Gasteiger partial charge in [0.25, 0.3) is 5.91 Å². The molecule has 0 aromatic heterocycles. The summed E-state index contributed by atoms with van der Waals surface area (Å²) in [6, 6.07) is 16.6. The van der Waals surface area contributed by atoms with Gasteiger partial charge in [0.1, 0.15) is 22.5 Å². The number of carbonyl (C=O) groups excluding carboxylic acids is 2. The van der Waals surface area contributed by atoms with Gasteiger partial charge in [-0.2, -0.15) is 5.26 Å². The maximum absolute atomic E-state index is 13.2. The van der Waals surface area contributed by atoms with Crippen LogP contribution in [-0.2, 0) is 16.1 Å². The van der Waals surface area contributed by atoms with E-state index < -0.39 is 17.0 Å². The van der Waals surface area contributed by atoms with Crippen molar-refractivity contribution in [3.05, 3.63) is 76.6 Å². The molecule has 7 heteroatoms. The molecule has 2 amide bonds. The lowest BCUT2D eigenvalue weighted by atomic mass is 10.2. The second-order valence-electron chi connectivity index (χ2n) is 5.87. The van der Waals surface area contributed by atoms with Gasteiger partial charge >= 0.3 is 0 Å². The zero-order valence-corrected chi connectivity index (χ0v) is 15.3. The van der Waals surface area contributed by atoms with Gasteiger partial charge in [0.2, 0.25) is 5.91 Å². The average Bonchev–Trinajstić information content (AvgIpc) is 2.97. The summed E-state index contributed by atoms with van der Waals surface area (Å²) in [6.07, 6.45) is 0. The molecule has 1 atom stereocenters. The summed E-state index contributed by atoms with van der Waals surface area (Å²) < 4.78 is 13.2. The number of hydrogen-bond acceptors (Lipinski definition) is 4. The third-order valence-electron chi connectivity index (χ3n) is 3.99. The highest BCUT2D eigenvalue weighted by atomic mass is 32.2. The van der Waals surface area contributed by atoms with Gasteiger partial charge < -0.3 is 5.32 Å². The number of thioether (sulfide) groups is 1. The smallest absolute Gasteiger partial charge is 0.264 e. The molecule has 1 saturated heterocycles. The number of anilines is 1. The van der Waals surface area contributed by atoms with Crippen LogP contribution in [0.25, 0.3) is 0 Å². The van der Waals surface area contributed by atoms with Crippen molar-refractivity contribution >= 4 is 29.3 Å². The molecule has 5 nitrogen and oxygen atoms in total. The van der Waals surface area contributed by atoms with Crippen molar-refractivity contribution in [2.24, 2.45) is 0 Å². The molecule has 136 valence electrons. The summed E-state index contributed by atoms with van der Waals surface area (Å²) in [5.41, 5.74) is 1.17. The maximum atomic E-state index is 13.2. The molecule has 0 aliphatic carbocycles. The fourth-order valence-electron chi connectivity index (χ4n) is 2.62. The lowest BCUT2D eigenvalue weighted by Gasteiger charge is -2.18. The van der Waals surface area contributed by atoms with Gasteiger partial charge in [-0.1, -0.05) is 42.1 Å². The average molecular weight is 381 g/mol. The van der Waals surface area contributed by atoms with Gasteiger partial charge in [-0.3, -0.25) is 14.5 Å².